The molecule has 5 rings (SSSR count). The van der Waals surface area contributed by atoms with Crippen molar-refractivity contribution in [3.8, 4) is 12.1 Å². The van der Waals surface area contributed by atoms with E-state index in [2.05, 4.69) is 30.6 Å². The average Bonchev–Trinajstić information content (AvgIpc) is 1.05. The summed E-state index contributed by atoms with van der Waals surface area (Å²) in [6, 6.07) is 36.7. The minimum absolute atomic E-state index is 0. The first-order valence-electron chi connectivity index (χ1n) is 28.0. The van der Waals surface area contributed by atoms with Gasteiger partial charge < -0.3 is 36.7 Å². The first-order chi connectivity index (χ1) is 41.0. The number of aliphatic hydroxyl groups is 1. The van der Waals surface area contributed by atoms with Crippen molar-refractivity contribution < 1.29 is 55.4 Å². The molecule has 88 heavy (non-hydrogen) atoms. The molecule has 5 aromatic carbocycles. The molecule has 0 aliphatic rings. The Kier molecular flexibility index (Phi) is 37.8. The Morgan fingerprint density at radius 1 is 0.580 bits per heavy atom. The number of ether oxygens (including phenoxy) is 2. The number of nitrogens with zero attached hydrogens (tertiary/aromatic N) is 6. The second-order valence-electron chi connectivity index (χ2n) is 22.9. The molecule has 0 spiro atoms. The summed E-state index contributed by atoms with van der Waals surface area (Å²) >= 11 is 0. The van der Waals surface area contributed by atoms with Crippen LogP contribution in [0, 0.1) is 63.1 Å². The van der Waals surface area contributed by atoms with E-state index in [4.69, 9.17) is 39.3 Å². The van der Waals surface area contributed by atoms with Crippen molar-refractivity contribution >= 4 is 49.0 Å². The number of nitriles is 2. The van der Waals surface area contributed by atoms with Gasteiger partial charge in [-0.15, -0.1) is 0 Å². The summed E-state index contributed by atoms with van der Waals surface area (Å²) in [4.78, 5) is 63.2. The van der Waals surface area contributed by atoms with E-state index in [1.165, 1.54) is 48.5 Å². The Labute approximate surface area is 520 Å². The van der Waals surface area contributed by atoms with Gasteiger partial charge in [0.15, 0.2) is 0 Å². The van der Waals surface area contributed by atoms with Gasteiger partial charge in [0.05, 0.1) is 60.7 Å². The maximum Gasteiger partial charge on any atom is 0.407 e. The summed E-state index contributed by atoms with van der Waals surface area (Å²) in [5.74, 6) is 0. The van der Waals surface area contributed by atoms with Gasteiger partial charge in [-0.2, -0.15) is 10.5 Å². The van der Waals surface area contributed by atoms with Crippen LogP contribution in [-0.4, -0.2) is 97.1 Å². The molecule has 2 amide bonds. The third-order valence-corrected chi connectivity index (χ3v) is 11.6. The molecule has 0 aliphatic carbocycles. The van der Waals surface area contributed by atoms with Crippen LogP contribution >= 0.6 is 0 Å². The van der Waals surface area contributed by atoms with Crippen molar-refractivity contribution in [3.05, 3.63) is 190 Å². The van der Waals surface area contributed by atoms with Crippen molar-refractivity contribution in [3.63, 3.8) is 0 Å². The molecule has 0 heterocycles. The number of alkyl halides is 2. The zero-order valence-corrected chi connectivity index (χ0v) is 53.0. The highest BCUT2D eigenvalue weighted by atomic mass is 19.1. The van der Waals surface area contributed by atoms with Crippen molar-refractivity contribution in [1.29, 1.82) is 10.5 Å². The topological polar surface area (TPSA) is 369 Å². The van der Waals surface area contributed by atoms with Gasteiger partial charge in [-0.25, -0.2) is 9.59 Å². The highest BCUT2D eigenvalue weighted by Crippen LogP contribution is 2.28. The number of halogens is 2. The Balaban J connectivity index is -0.000000500. The van der Waals surface area contributed by atoms with Crippen molar-refractivity contribution in [2.24, 2.45) is 5.73 Å². The largest absolute Gasteiger partial charge is 0.444 e. The molecule has 23 nitrogen and oxygen atoms in total. The Bertz CT molecular complexity index is 3010. The molecule has 0 atom stereocenters. The zero-order chi connectivity index (χ0) is 69.6. The molecular weight excluding hydrogens is 1140 g/mol. The van der Waals surface area contributed by atoms with Gasteiger partial charge in [-0.3, -0.25) is 49.2 Å². The number of non-ortho nitro benzene ring substituents is 4. The fraction of sp³-hybridized carbons (Fsp3) is 0.452. The lowest BCUT2D eigenvalue weighted by Crippen LogP contribution is -2.39. The number of aliphatic hydroxyl groups excluding tert-OH is 1. The molecule has 0 saturated heterocycles. The number of carbonyl (C=O) groups is 2. The van der Waals surface area contributed by atoms with Crippen LogP contribution < -0.4 is 22.1 Å². The molecule has 7 N–H and O–H groups in total. The third kappa shape index (κ3) is 35.4. The molecule has 3 radical (unpaired) electrons. The van der Waals surface area contributed by atoms with E-state index in [0.717, 1.165) is 33.5 Å². The third-order valence-electron chi connectivity index (χ3n) is 11.6. The van der Waals surface area contributed by atoms with Crippen LogP contribution in [0.25, 0.3) is 0 Å². The Hall–Kier alpha value is -9.14. The predicted octanol–water partition coefficient (Wildman–Crippen LogP) is 13.1. The maximum absolute atomic E-state index is 11.7. The van der Waals surface area contributed by atoms with Gasteiger partial charge in [0, 0.05) is 105 Å². The predicted molar refractivity (Wildman–Crippen MR) is 340 cm³/mol. The van der Waals surface area contributed by atoms with Crippen LogP contribution in [0.1, 0.15) is 134 Å². The first kappa shape index (κ1) is 80.9. The molecular formula is C62H88BF2N10O13. The van der Waals surface area contributed by atoms with Crippen LogP contribution in [0.4, 0.5) is 46.8 Å². The van der Waals surface area contributed by atoms with E-state index >= 15 is 0 Å². The molecule has 26 heteroatoms. The van der Waals surface area contributed by atoms with Gasteiger partial charge >= 0.3 is 12.2 Å². The number of alkyl carbamates (subject to hydrolysis) is 2. The molecule has 0 aliphatic heterocycles. The van der Waals surface area contributed by atoms with Gasteiger partial charge in [0.1, 0.15) is 11.2 Å². The lowest BCUT2D eigenvalue weighted by Gasteiger charge is -2.27. The average molecular weight is 1230 g/mol. The van der Waals surface area contributed by atoms with E-state index in [0.29, 0.717) is 19.6 Å². The van der Waals surface area contributed by atoms with E-state index in [1.807, 2.05) is 78.8 Å². The lowest BCUT2D eigenvalue weighted by molar-refractivity contribution is -0.385. The van der Waals surface area contributed by atoms with Crippen molar-refractivity contribution in [2.75, 3.05) is 46.3 Å². The molecule has 0 unspecified atom stereocenters. The number of rotatable bonds is 14. The smallest absolute Gasteiger partial charge is 0.407 e. The van der Waals surface area contributed by atoms with E-state index in [1.54, 1.807) is 90.1 Å². The zero-order valence-electron chi connectivity index (χ0n) is 55.0. The lowest BCUT2D eigenvalue weighted by atomic mass is 9.84. The molecule has 0 bridgehead atoms. The van der Waals surface area contributed by atoms with E-state index in [9.17, 15) is 58.8 Å². The summed E-state index contributed by atoms with van der Waals surface area (Å²) in [6.07, 6.45) is -0.577. The van der Waals surface area contributed by atoms with Crippen LogP contribution in [0.2, 0.25) is 0 Å². The fourth-order valence-corrected chi connectivity index (χ4v) is 6.43. The van der Waals surface area contributed by atoms with Crippen molar-refractivity contribution in [2.45, 2.75) is 143 Å². The number of benzene rings is 5. The first-order valence-corrected chi connectivity index (χ1v) is 26.6. The highest BCUT2D eigenvalue weighted by molar-refractivity contribution is 5.75. The summed E-state index contributed by atoms with van der Waals surface area (Å²) < 4.78 is 41.4. The minimum Gasteiger partial charge on any atom is -0.444 e. The second kappa shape index (κ2) is 41.0. The van der Waals surface area contributed by atoms with Gasteiger partial charge in [0.25, 0.3) is 22.7 Å². The van der Waals surface area contributed by atoms with Gasteiger partial charge in [0.2, 0.25) is 0 Å². The molecule has 0 fully saturated rings. The van der Waals surface area contributed by atoms with E-state index in [-0.39, 0.29) is 60.4 Å². The number of anilines is 1. The Morgan fingerprint density at radius 2 is 0.830 bits per heavy atom. The SMILES string of the molecule is CC(C)(C#N)c1ccc([N+](=O)[O-])cc1.CC(C)(C)OC(=O)NCC(C)(C)c1ccc(N)cc1.CC(C)(C)OC(=O)NCC(C)(C)c1ccc([N+](=O)[O-])cc1.CC(C)(CN)c1ccc([N+](=O)[O-])cc1.CCO.N#CCc1ccc([N+](=O)[O-])cc1.[2H]CF.[3H]CF.[B]. The number of nitro benzene ring substituents is 4. The van der Waals surface area contributed by atoms with Gasteiger partial charge in [-0.05, 0) is 102 Å². The maximum atomic E-state index is 11.7. The number of nitro groups is 4. The summed E-state index contributed by atoms with van der Waals surface area (Å²) in [7, 11) is -2.00. The standard InChI is InChI=1S/C15H22N2O4.C15H24N2O2.C10H14N2O2.C10H10N2O2.C8H6N2O2.C2H6O.2CH3F.B/c1-14(2,3)21-13(18)16-10-15(4,5)11-6-8-12(9-7-11)17(19)20;1-14(2,3)19-13(18)17-10-15(4,5)11-6-8-12(16)9-7-11;2*1-10(2,7-11)8-3-5-9(6-4-8)12(13)14;9-6-5-7-1-3-8(4-2-7)10(11)12;1-2-3;2*1-2;/h6-9H,10H2,1-5H3,(H,16,18);6-9H,10,16H2,1-5H3,(H,17,18);3-6H,7,11H2,1-2H3;3-6H,1-2H3;1-4H,5H2;3H,2H2,1H3;2*1H3;/i;;;;;;1T;1D;. The van der Waals surface area contributed by atoms with Crippen LogP contribution in [0.3, 0.4) is 0 Å². The van der Waals surface area contributed by atoms with E-state index < -0.39 is 62.8 Å². The quantitative estimate of drug-likeness (QED) is 0.0298. The highest BCUT2D eigenvalue weighted by Gasteiger charge is 2.26. The van der Waals surface area contributed by atoms with Crippen LogP contribution in [0.15, 0.2) is 121 Å². The Morgan fingerprint density at radius 3 is 1.07 bits per heavy atom. The number of hydrogen-bond donors (Lipinski definition) is 5. The van der Waals surface area contributed by atoms with Crippen LogP contribution in [0.5, 0.6) is 0 Å². The van der Waals surface area contributed by atoms with Gasteiger partial charge in [-0.1, -0.05) is 102 Å². The molecule has 481 valence electrons. The molecule has 0 aromatic heterocycles. The minimum atomic E-state index is -1.00. The molecule has 0 saturated carbocycles. The monoisotopic (exact) mass is 1230 g/mol. The second-order valence-corrected chi connectivity index (χ2v) is 22.9. The number of nitrogens with one attached hydrogen (secondary N) is 2. The fourth-order valence-electron chi connectivity index (χ4n) is 6.43. The number of hydrogen-bond acceptors (Lipinski definition) is 17. The molecule has 5 aromatic rings. The van der Waals surface area contributed by atoms with Crippen LogP contribution in [-0.2, 0) is 37.6 Å². The number of amides is 2. The number of nitrogens with two attached hydrogens (primary N) is 2. The summed E-state index contributed by atoms with van der Waals surface area (Å²) in [5, 5.41) is 71.9. The normalized spacial score (nSPS) is 10.8. The number of carbonyl (C=O) groups excluding carboxylic acids is 2. The summed E-state index contributed by atoms with van der Waals surface area (Å²) in [6.45, 7) is 29.9. The number of nitrogen functional groups attached to an aromatic ring is 1. The van der Waals surface area contributed by atoms with Crippen molar-refractivity contribution in [1.82, 2.24) is 10.6 Å². The summed E-state index contributed by atoms with van der Waals surface area (Å²) in [5.41, 5.74) is 14.6.